The second-order valence-electron chi connectivity index (χ2n) is 2.56. The van der Waals surface area contributed by atoms with Crippen molar-refractivity contribution in [2.45, 2.75) is 0 Å². The van der Waals surface area contributed by atoms with Crippen LogP contribution < -0.4 is 0 Å². The highest BCUT2D eigenvalue weighted by atomic mass is 16.3. The van der Waals surface area contributed by atoms with Crippen molar-refractivity contribution in [2.24, 2.45) is 0 Å². The Bertz CT molecular complexity index is 240. The van der Waals surface area contributed by atoms with Gasteiger partial charge < -0.3 is 15.1 Å². The molecule has 13 heavy (non-hydrogen) atoms. The highest BCUT2D eigenvalue weighted by molar-refractivity contribution is 5.45. The lowest BCUT2D eigenvalue weighted by Gasteiger charge is -1.93. The molecule has 1 aromatic rings. The van der Waals surface area contributed by atoms with Crippen LogP contribution in [0.2, 0.25) is 0 Å². The summed E-state index contributed by atoms with van der Waals surface area (Å²) >= 11 is 0. The summed E-state index contributed by atoms with van der Waals surface area (Å²) in [6.45, 7) is 0. The molecule has 1 aromatic carbocycles. The largest absolute Gasteiger partial charge is 0.504 e. The van der Waals surface area contributed by atoms with Gasteiger partial charge in [-0.3, -0.25) is 4.79 Å². The molecule has 0 fully saturated rings. The van der Waals surface area contributed by atoms with E-state index in [0.717, 1.165) is 6.41 Å². The SMILES string of the molecule is CN(C)C=O.Oc1ccccc1O. The van der Waals surface area contributed by atoms with Gasteiger partial charge in [-0.15, -0.1) is 0 Å². The molecule has 0 aliphatic carbocycles. The number of rotatable bonds is 1. The number of hydrogen-bond donors (Lipinski definition) is 2. The van der Waals surface area contributed by atoms with Gasteiger partial charge in [0, 0.05) is 14.1 Å². The van der Waals surface area contributed by atoms with Crippen molar-refractivity contribution in [1.82, 2.24) is 4.90 Å². The van der Waals surface area contributed by atoms with E-state index in [0.29, 0.717) is 0 Å². The highest BCUT2D eigenvalue weighted by Crippen LogP contribution is 2.21. The molecule has 0 saturated carbocycles. The van der Waals surface area contributed by atoms with Crippen LogP contribution in [0.4, 0.5) is 0 Å². The zero-order chi connectivity index (χ0) is 10.3. The Labute approximate surface area is 77.0 Å². The van der Waals surface area contributed by atoms with Gasteiger partial charge in [0.15, 0.2) is 11.5 Å². The average molecular weight is 183 g/mol. The van der Waals surface area contributed by atoms with Gasteiger partial charge >= 0.3 is 0 Å². The molecule has 2 N–H and O–H groups in total. The number of hydrogen-bond acceptors (Lipinski definition) is 3. The number of carbonyl (C=O) groups is 1. The molecule has 4 nitrogen and oxygen atoms in total. The first kappa shape index (κ1) is 11.3. The van der Waals surface area contributed by atoms with Gasteiger partial charge in [-0.25, -0.2) is 0 Å². The third-order valence-electron chi connectivity index (χ3n) is 1.09. The second-order valence-corrected chi connectivity index (χ2v) is 2.56. The second kappa shape index (κ2) is 5.88. The third-order valence-corrected chi connectivity index (χ3v) is 1.09. The van der Waals surface area contributed by atoms with Crippen LogP contribution in [-0.4, -0.2) is 35.6 Å². The van der Waals surface area contributed by atoms with E-state index in [1.807, 2.05) is 0 Å². The molecule has 0 saturated heterocycles. The van der Waals surface area contributed by atoms with E-state index in [-0.39, 0.29) is 11.5 Å². The summed E-state index contributed by atoms with van der Waals surface area (Å²) in [6.07, 6.45) is 0.750. The lowest BCUT2D eigenvalue weighted by molar-refractivity contribution is -0.115. The molecule has 0 bridgehead atoms. The van der Waals surface area contributed by atoms with Crippen LogP contribution in [0.5, 0.6) is 11.5 Å². The Hall–Kier alpha value is -1.71. The third kappa shape index (κ3) is 5.55. The Balaban J connectivity index is 0.000000252. The van der Waals surface area contributed by atoms with Gasteiger partial charge in [0.2, 0.25) is 6.41 Å². The van der Waals surface area contributed by atoms with Crippen LogP contribution in [0, 0.1) is 0 Å². The zero-order valence-corrected chi connectivity index (χ0v) is 7.64. The van der Waals surface area contributed by atoms with Crippen molar-refractivity contribution < 1.29 is 15.0 Å². The molecular weight excluding hydrogens is 170 g/mol. The Kier molecular flexibility index (Phi) is 5.11. The summed E-state index contributed by atoms with van der Waals surface area (Å²) in [6, 6.07) is 6.15. The van der Waals surface area contributed by atoms with E-state index < -0.39 is 0 Å². The van der Waals surface area contributed by atoms with Gasteiger partial charge in [-0.2, -0.15) is 0 Å². The van der Waals surface area contributed by atoms with Gasteiger partial charge in [0.05, 0.1) is 0 Å². The quantitative estimate of drug-likeness (QED) is 0.500. The van der Waals surface area contributed by atoms with Gasteiger partial charge in [0.25, 0.3) is 0 Å². The number of amides is 1. The molecule has 0 aliphatic rings. The summed E-state index contributed by atoms with van der Waals surface area (Å²) < 4.78 is 0. The summed E-state index contributed by atoms with van der Waals surface area (Å²) in [7, 11) is 3.38. The predicted octanol–water partition coefficient (Wildman–Crippen LogP) is 0.802. The van der Waals surface area contributed by atoms with Crippen LogP contribution in [-0.2, 0) is 4.79 Å². The summed E-state index contributed by atoms with van der Waals surface area (Å²) in [5, 5.41) is 17.3. The number of phenols is 2. The molecule has 4 heteroatoms. The lowest BCUT2D eigenvalue weighted by Crippen LogP contribution is -2.06. The fraction of sp³-hybridized carbons (Fsp3) is 0.222. The normalized spacial score (nSPS) is 8.15. The Morgan fingerprint density at radius 3 is 1.62 bits per heavy atom. The fourth-order valence-corrected chi connectivity index (χ4v) is 0.464. The van der Waals surface area contributed by atoms with E-state index in [9.17, 15) is 4.79 Å². The molecular formula is C9H13NO3. The van der Waals surface area contributed by atoms with Crippen molar-refractivity contribution in [3.63, 3.8) is 0 Å². The van der Waals surface area contributed by atoms with E-state index in [4.69, 9.17) is 10.2 Å². The predicted molar refractivity (Wildman–Crippen MR) is 49.5 cm³/mol. The number of nitrogens with zero attached hydrogens (tertiary/aromatic N) is 1. The van der Waals surface area contributed by atoms with Crippen molar-refractivity contribution in [1.29, 1.82) is 0 Å². The minimum absolute atomic E-state index is 0.0764. The van der Waals surface area contributed by atoms with Gasteiger partial charge in [0.1, 0.15) is 0 Å². The summed E-state index contributed by atoms with van der Waals surface area (Å²) in [5.41, 5.74) is 0. The van der Waals surface area contributed by atoms with Gasteiger partial charge in [-0.1, -0.05) is 12.1 Å². The lowest BCUT2D eigenvalue weighted by atomic mass is 10.3. The summed E-state index contributed by atoms with van der Waals surface area (Å²) in [5.74, 6) is -0.153. The molecule has 0 heterocycles. The van der Waals surface area contributed by atoms with Crippen LogP contribution in [0.3, 0.4) is 0 Å². The van der Waals surface area contributed by atoms with Crippen LogP contribution in [0.1, 0.15) is 0 Å². The van der Waals surface area contributed by atoms with Crippen molar-refractivity contribution in [3.8, 4) is 11.5 Å². The average Bonchev–Trinajstić information content (AvgIpc) is 2.11. The van der Waals surface area contributed by atoms with E-state index in [2.05, 4.69) is 0 Å². The number of phenolic OH excluding ortho intramolecular Hbond substituents is 2. The molecule has 0 radical (unpaired) electrons. The molecule has 0 aliphatic heterocycles. The standard InChI is InChI=1S/C6H6O2.C3H7NO/c7-5-3-1-2-4-6(5)8;1-4(2)3-5/h1-4,7-8H;3H,1-2H3. The van der Waals surface area contributed by atoms with E-state index >= 15 is 0 Å². The topological polar surface area (TPSA) is 60.8 Å². The first-order valence-electron chi connectivity index (χ1n) is 3.66. The van der Waals surface area contributed by atoms with Crippen LogP contribution >= 0.6 is 0 Å². The molecule has 72 valence electrons. The molecule has 1 amide bonds. The van der Waals surface area contributed by atoms with Crippen LogP contribution in [0.25, 0.3) is 0 Å². The van der Waals surface area contributed by atoms with Crippen molar-refractivity contribution in [2.75, 3.05) is 14.1 Å². The Morgan fingerprint density at radius 1 is 1.15 bits per heavy atom. The molecule has 0 aromatic heterocycles. The summed E-state index contributed by atoms with van der Waals surface area (Å²) in [4.78, 5) is 10.9. The molecule has 1 rings (SSSR count). The maximum Gasteiger partial charge on any atom is 0.209 e. The minimum Gasteiger partial charge on any atom is -0.504 e. The molecule has 0 spiro atoms. The van der Waals surface area contributed by atoms with E-state index in [1.165, 1.54) is 17.0 Å². The smallest absolute Gasteiger partial charge is 0.209 e. The molecule has 0 unspecified atom stereocenters. The maximum absolute atomic E-state index is 9.43. The minimum atomic E-state index is -0.0764. The van der Waals surface area contributed by atoms with Crippen molar-refractivity contribution >= 4 is 6.41 Å². The fourth-order valence-electron chi connectivity index (χ4n) is 0.464. The number of aromatic hydroxyl groups is 2. The van der Waals surface area contributed by atoms with Gasteiger partial charge in [-0.05, 0) is 12.1 Å². The number of para-hydroxylation sites is 2. The maximum atomic E-state index is 9.43. The van der Waals surface area contributed by atoms with E-state index in [1.54, 1.807) is 26.2 Å². The first-order chi connectivity index (χ1) is 6.07. The first-order valence-corrected chi connectivity index (χ1v) is 3.66. The highest BCUT2D eigenvalue weighted by Gasteiger charge is 1.90. The number of benzene rings is 1. The zero-order valence-electron chi connectivity index (χ0n) is 7.64. The van der Waals surface area contributed by atoms with Crippen molar-refractivity contribution in [3.05, 3.63) is 24.3 Å². The molecule has 0 atom stereocenters. The van der Waals surface area contributed by atoms with Crippen LogP contribution in [0.15, 0.2) is 24.3 Å². The monoisotopic (exact) mass is 183 g/mol. The Morgan fingerprint density at radius 2 is 1.46 bits per heavy atom. The number of carbonyl (C=O) groups excluding carboxylic acids is 1.